The van der Waals surface area contributed by atoms with Crippen LogP contribution >= 0.6 is 0 Å². The predicted molar refractivity (Wildman–Crippen MR) is 104 cm³/mol. The van der Waals surface area contributed by atoms with Gasteiger partial charge in [-0.05, 0) is 18.4 Å². The highest BCUT2D eigenvalue weighted by molar-refractivity contribution is 5.93. The van der Waals surface area contributed by atoms with Gasteiger partial charge in [0.15, 0.2) is 0 Å². The number of methoxy groups -OCH3 is 1. The highest BCUT2D eigenvalue weighted by Crippen LogP contribution is 2.07. The van der Waals surface area contributed by atoms with E-state index in [-0.39, 0.29) is 18.2 Å². The summed E-state index contributed by atoms with van der Waals surface area (Å²) in [6.45, 7) is 6.42. The second kappa shape index (κ2) is 11.1. The molecule has 0 radical (unpaired) electrons. The van der Waals surface area contributed by atoms with Crippen LogP contribution in [0.3, 0.4) is 0 Å². The minimum absolute atomic E-state index is 0.168. The van der Waals surface area contributed by atoms with Crippen molar-refractivity contribution < 1.29 is 23.9 Å². The van der Waals surface area contributed by atoms with Crippen molar-refractivity contribution in [2.24, 2.45) is 5.92 Å². The van der Waals surface area contributed by atoms with Crippen LogP contribution in [0.4, 0.5) is 0 Å². The van der Waals surface area contributed by atoms with Crippen LogP contribution in [0.25, 0.3) is 0 Å². The average Bonchev–Trinajstić information content (AvgIpc) is 2.65. The molecule has 1 rings (SSSR count). The predicted octanol–water partition coefficient (Wildman–Crippen LogP) is 0.552. The third-order valence-corrected chi connectivity index (χ3v) is 4.14. The van der Waals surface area contributed by atoms with Gasteiger partial charge in [0, 0.05) is 13.3 Å². The van der Waals surface area contributed by atoms with Crippen LogP contribution in [0.1, 0.15) is 33.3 Å². The lowest BCUT2D eigenvalue weighted by molar-refractivity contribution is -0.144. The number of esters is 1. The van der Waals surface area contributed by atoms with Crippen LogP contribution < -0.4 is 16.0 Å². The fourth-order valence-corrected chi connectivity index (χ4v) is 2.62. The standard InChI is InChI=1S/C20H29N3O5/c1-12(2)17(22-14(4)24)19(26)23-16(11-15-9-7-6-8-10-15)18(25)21-13(3)20(27)28-5/h6-10,12-13,16-17H,11H2,1-5H3,(H,21,25)(H,22,24)(H,23,26)/t13-,16+,17+/m0/s1. The first-order valence-corrected chi connectivity index (χ1v) is 9.15. The molecule has 28 heavy (non-hydrogen) atoms. The molecule has 3 atom stereocenters. The van der Waals surface area contributed by atoms with Crippen LogP contribution in [0.15, 0.2) is 30.3 Å². The monoisotopic (exact) mass is 391 g/mol. The van der Waals surface area contributed by atoms with Gasteiger partial charge >= 0.3 is 5.97 Å². The molecule has 0 saturated carbocycles. The van der Waals surface area contributed by atoms with E-state index in [0.29, 0.717) is 0 Å². The van der Waals surface area contributed by atoms with Crippen LogP contribution in [0, 0.1) is 5.92 Å². The summed E-state index contributed by atoms with van der Waals surface area (Å²) >= 11 is 0. The van der Waals surface area contributed by atoms with Gasteiger partial charge < -0.3 is 20.7 Å². The third kappa shape index (κ3) is 7.38. The number of benzene rings is 1. The van der Waals surface area contributed by atoms with E-state index in [0.717, 1.165) is 5.56 Å². The van der Waals surface area contributed by atoms with Gasteiger partial charge in [-0.15, -0.1) is 0 Å². The Balaban J connectivity index is 2.99. The molecular weight excluding hydrogens is 362 g/mol. The minimum Gasteiger partial charge on any atom is -0.467 e. The number of rotatable bonds is 9. The Morgan fingerprint density at radius 1 is 0.929 bits per heavy atom. The average molecular weight is 391 g/mol. The number of nitrogens with one attached hydrogen (secondary N) is 3. The number of carbonyl (C=O) groups excluding carboxylic acids is 4. The first-order valence-electron chi connectivity index (χ1n) is 9.15. The van der Waals surface area contributed by atoms with E-state index in [9.17, 15) is 19.2 Å². The van der Waals surface area contributed by atoms with Crippen molar-refractivity contribution >= 4 is 23.7 Å². The molecule has 0 aromatic heterocycles. The maximum Gasteiger partial charge on any atom is 0.328 e. The topological polar surface area (TPSA) is 114 Å². The Labute approximate surface area is 165 Å². The lowest BCUT2D eigenvalue weighted by Crippen LogP contribution is -2.57. The Bertz CT molecular complexity index is 690. The van der Waals surface area contributed by atoms with Crippen LogP contribution in [0.5, 0.6) is 0 Å². The Morgan fingerprint density at radius 3 is 2.04 bits per heavy atom. The van der Waals surface area contributed by atoms with E-state index >= 15 is 0 Å². The molecule has 0 bridgehead atoms. The van der Waals surface area contributed by atoms with Gasteiger partial charge in [-0.25, -0.2) is 4.79 Å². The zero-order chi connectivity index (χ0) is 21.3. The summed E-state index contributed by atoms with van der Waals surface area (Å²) in [4.78, 5) is 48.4. The SMILES string of the molecule is COC(=O)[C@H](C)NC(=O)[C@@H](Cc1ccccc1)NC(=O)[C@H](NC(C)=O)C(C)C. The molecule has 154 valence electrons. The van der Waals surface area contributed by atoms with E-state index in [1.165, 1.54) is 21.0 Å². The second-order valence-corrected chi connectivity index (χ2v) is 6.93. The highest BCUT2D eigenvalue weighted by atomic mass is 16.5. The summed E-state index contributed by atoms with van der Waals surface area (Å²) in [5, 5.41) is 7.84. The molecule has 1 aromatic rings. The number of ether oxygens (including phenoxy) is 1. The van der Waals surface area contributed by atoms with Gasteiger partial charge in [-0.1, -0.05) is 44.2 Å². The Hall–Kier alpha value is -2.90. The summed E-state index contributed by atoms with van der Waals surface area (Å²) in [7, 11) is 1.23. The van der Waals surface area contributed by atoms with Crippen molar-refractivity contribution in [1.29, 1.82) is 0 Å². The third-order valence-electron chi connectivity index (χ3n) is 4.14. The summed E-state index contributed by atoms with van der Waals surface area (Å²) in [5.74, 6) is -2.07. The molecule has 0 heterocycles. The quantitative estimate of drug-likeness (QED) is 0.532. The first-order chi connectivity index (χ1) is 13.1. The molecule has 8 nitrogen and oxygen atoms in total. The summed E-state index contributed by atoms with van der Waals surface area (Å²) < 4.78 is 4.62. The first kappa shape index (κ1) is 23.1. The maximum absolute atomic E-state index is 12.7. The molecule has 8 heteroatoms. The smallest absolute Gasteiger partial charge is 0.328 e. The number of amides is 3. The van der Waals surface area contributed by atoms with Crippen LogP contribution in [-0.4, -0.2) is 48.9 Å². The Kier molecular flexibility index (Phi) is 9.14. The van der Waals surface area contributed by atoms with Crippen LogP contribution in [0.2, 0.25) is 0 Å². The second-order valence-electron chi connectivity index (χ2n) is 6.93. The molecule has 0 spiro atoms. The van der Waals surface area contributed by atoms with E-state index in [4.69, 9.17) is 0 Å². The van der Waals surface area contributed by atoms with Gasteiger partial charge in [0.1, 0.15) is 18.1 Å². The van der Waals surface area contributed by atoms with Crippen molar-refractivity contribution in [3.8, 4) is 0 Å². The molecule has 1 aromatic carbocycles. The zero-order valence-electron chi connectivity index (χ0n) is 16.9. The van der Waals surface area contributed by atoms with E-state index in [1.54, 1.807) is 13.8 Å². The highest BCUT2D eigenvalue weighted by Gasteiger charge is 2.29. The summed E-state index contributed by atoms with van der Waals surface area (Å²) in [6.07, 6.45) is 0.233. The lowest BCUT2D eigenvalue weighted by atomic mass is 10.0. The van der Waals surface area contributed by atoms with E-state index < -0.39 is 35.9 Å². The number of hydrogen-bond acceptors (Lipinski definition) is 5. The fraction of sp³-hybridized carbons (Fsp3) is 0.500. The van der Waals surface area contributed by atoms with Crippen molar-refractivity contribution in [2.75, 3.05) is 7.11 Å². The van der Waals surface area contributed by atoms with Gasteiger partial charge in [0.05, 0.1) is 7.11 Å². The van der Waals surface area contributed by atoms with Crippen molar-refractivity contribution in [3.05, 3.63) is 35.9 Å². The van der Waals surface area contributed by atoms with Crippen molar-refractivity contribution in [1.82, 2.24) is 16.0 Å². The number of hydrogen-bond donors (Lipinski definition) is 3. The van der Waals surface area contributed by atoms with Gasteiger partial charge in [0.25, 0.3) is 0 Å². The molecule has 0 aliphatic rings. The number of carbonyl (C=O) groups is 4. The summed E-state index contributed by atoms with van der Waals surface area (Å²) in [6, 6.07) is 6.63. The maximum atomic E-state index is 12.7. The normalized spacial score (nSPS) is 13.8. The van der Waals surface area contributed by atoms with Gasteiger partial charge in [-0.2, -0.15) is 0 Å². The molecular formula is C20H29N3O5. The molecule has 0 aliphatic heterocycles. The largest absolute Gasteiger partial charge is 0.467 e. The van der Waals surface area contributed by atoms with Crippen molar-refractivity contribution in [2.45, 2.75) is 52.2 Å². The molecule has 0 unspecified atom stereocenters. The van der Waals surface area contributed by atoms with E-state index in [1.807, 2.05) is 30.3 Å². The Morgan fingerprint density at radius 2 is 1.54 bits per heavy atom. The molecule has 3 amide bonds. The lowest BCUT2D eigenvalue weighted by Gasteiger charge is -2.25. The van der Waals surface area contributed by atoms with Crippen LogP contribution in [-0.2, 0) is 30.3 Å². The minimum atomic E-state index is -0.919. The van der Waals surface area contributed by atoms with Gasteiger partial charge in [-0.3, -0.25) is 14.4 Å². The molecule has 3 N–H and O–H groups in total. The summed E-state index contributed by atoms with van der Waals surface area (Å²) in [5.41, 5.74) is 0.842. The zero-order valence-corrected chi connectivity index (χ0v) is 16.9. The molecule has 0 saturated heterocycles. The van der Waals surface area contributed by atoms with E-state index in [2.05, 4.69) is 20.7 Å². The molecule has 0 fully saturated rings. The van der Waals surface area contributed by atoms with Crippen molar-refractivity contribution in [3.63, 3.8) is 0 Å². The fourth-order valence-electron chi connectivity index (χ4n) is 2.62. The van der Waals surface area contributed by atoms with Gasteiger partial charge in [0.2, 0.25) is 17.7 Å². The molecule has 0 aliphatic carbocycles.